The minimum absolute atomic E-state index is 0.135. The molecule has 5 heteroatoms. The van der Waals surface area contributed by atoms with Crippen LogP contribution in [0, 0.1) is 0 Å². The van der Waals surface area contributed by atoms with Gasteiger partial charge in [0.1, 0.15) is 0 Å². The van der Waals surface area contributed by atoms with Crippen molar-refractivity contribution in [1.82, 2.24) is 10.2 Å². The van der Waals surface area contributed by atoms with Gasteiger partial charge in [0.25, 0.3) is 0 Å². The molecule has 1 saturated heterocycles. The Morgan fingerprint density at radius 1 is 1.13 bits per heavy atom. The summed E-state index contributed by atoms with van der Waals surface area (Å²) >= 11 is 0. The van der Waals surface area contributed by atoms with Gasteiger partial charge in [-0.2, -0.15) is 0 Å². The van der Waals surface area contributed by atoms with Crippen LogP contribution in [0.2, 0.25) is 0 Å². The van der Waals surface area contributed by atoms with E-state index >= 15 is 0 Å². The number of nitrogens with zero attached hydrogens (tertiary/aromatic N) is 1. The first-order chi connectivity index (χ1) is 11.2. The smallest absolute Gasteiger partial charge is 0.221 e. The van der Waals surface area contributed by atoms with Gasteiger partial charge in [0.2, 0.25) is 5.91 Å². The fraction of sp³-hybridized carbons (Fsp3) is 0.611. The van der Waals surface area contributed by atoms with E-state index in [2.05, 4.69) is 10.2 Å². The fourth-order valence-electron chi connectivity index (χ4n) is 2.91. The monoisotopic (exact) mass is 320 g/mol. The van der Waals surface area contributed by atoms with Gasteiger partial charge in [0, 0.05) is 19.5 Å². The van der Waals surface area contributed by atoms with Crippen molar-refractivity contribution in [1.29, 1.82) is 0 Å². The van der Waals surface area contributed by atoms with E-state index in [1.165, 1.54) is 19.3 Å². The third kappa shape index (κ3) is 5.75. The van der Waals surface area contributed by atoms with E-state index in [1.807, 2.05) is 18.2 Å². The number of rotatable bonds is 8. The summed E-state index contributed by atoms with van der Waals surface area (Å²) in [7, 11) is 3.25. The lowest BCUT2D eigenvalue weighted by Gasteiger charge is -2.25. The molecule has 1 aromatic carbocycles. The summed E-state index contributed by atoms with van der Waals surface area (Å²) in [6, 6.07) is 5.85. The maximum Gasteiger partial charge on any atom is 0.221 e. The first kappa shape index (κ1) is 17.6. The van der Waals surface area contributed by atoms with Crippen LogP contribution in [0.4, 0.5) is 0 Å². The van der Waals surface area contributed by atoms with Crippen LogP contribution in [-0.4, -0.2) is 51.2 Å². The Labute approximate surface area is 139 Å². The standard InChI is InChI=1S/C18H28N2O3/c1-22-16-7-6-15(14-17(16)23-2)8-10-19-18(21)9-13-20-11-4-3-5-12-20/h6-7,14H,3-5,8-13H2,1-2H3,(H,19,21). The van der Waals surface area contributed by atoms with Crippen molar-refractivity contribution >= 4 is 5.91 Å². The van der Waals surface area contributed by atoms with Crippen molar-refractivity contribution in [3.05, 3.63) is 23.8 Å². The Morgan fingerprint density at radius 3 is 2.57 bits per heavy atom. The van der Waals surface area contributed by atoms with Crippen molar-refractivity contribution in [3.63, 3.8) is 0 Å². The van der Waals surface area contributed by atoms with Crippen LogP contribution >= 0.6 is 0 Å². The number of ether oxygens (including phenoxy) is 2. The molecule has 0 radical (unpaired) electrons. The summed E-state index contributed by atoms with van der Waals surface area (Å²) in [5.74, 6) is 1.58. The van der Waals surface area contributed by atoms with E-state index in [4.69, 9.17) is 9.47 Å². The molecule has 0 spiro atoms. The second kappa shape index (κ2) is 9.40. The molecule has 1 fully saturated rings. The SMILES string of the molecule is COc1ccc(CCNC(=O)CCN2CCCCC2)cc1OC. The van der Waals surface area contributed by atoms with Crippen molar-refractivity contribution in [2.45, 2.75) is 32.1 Å². The number of carbonyl (C=O) groups is 1. The summed E-state index contributed by atoms with van der Waals surface area (Å²) in [6.07, 6.45) is 5.23. The zero-order chi connectivity index (χ0) is 16.5. The number of hydrogen-bond donors (Lipinski definition) is 1. The summed E-state index contributed by atoms with van der Waals surface area (Å²) < 4.78 is 10.5. The predicted octanol–water partition coefficient (Wildman–Crippen LogP) is 2.24. The minimum Gasteiger partial charge on any atom is -0.493 e. The summed E-state index contributed by atoms with van der Waals surface area (Å²) in [5.41, 5.74) is 1.12. The average Bonchev–Trinajstić information content (AvgIpc) is 2.60. The molecule has 0 aromatic heterocycles. The number of likely N-dealkylation sites (tertiary alicyclic amines) is 1. The van der Waals surface area contributed by atoms with Gasteiger partial charge in [0.15, 0.2) is 11.5 Å². The number of nitrogens with one attached hydrogen (secondary N) is 1. The molecule has 1 heterocycles. The highest BCUT2D eigenvalue weighted by Crippen LogP contribution is 2.27. The normalized spacial score (nSPS) is 15.2. The Balaban J connectivity index is 1.68. The Morgan fingerprint density at radius 2 is 1.87 bits per heavy atom. The van der Waals surface area contributed by atoms with Gasteiger partial charge in [-0.1, -0.05) is 12.5 Å². The van der Waals surface area contributed by atoms with Crippen LogP contribution in [0.1, 0.15) is 31.2 Å². The average molecular weight is 320 g/mol. The van der Waals surface area contributed by atoms with Crippen molar-refractivity contribution in [2.75, 3.05) is 40.4 Å². The van der Waals surface area contributed by atoms with Crippen LogP contribution < -0.4 is 14.8 Å². The van der Waals surface area contributed by atoms with Crippen LogP contribution in [0.3, 0.4) is 0 Å². The topological polar surface area (TPSA) is 50.8 Å². The number of hydrogen-bond acceptors (Lipinski definition) is 4. The third-order valence-corrected chi connectivity index (χ3v) is 4.29. The molecule has 2 rings (SSSR count). The molecular weight excluding hydrogens is 292 g/mol. The molecule has 1 aliphatic heterocycles. The Kier molecular flexibility index (Phi) is 7.20. The van der Waals surface area contributed by atoms with E-state index in [1.54, 1.807) is 14.2 Å². The van der Waals surface area contributed by atoms with Gasteiger partial charge < -0.3 is 19.7 Å². The highest BCUT2D eigenvalue weighted by molar-refractivity contribution is 5.76. The molecule has 0 bridgehead atoms. The zero-order valence-electron chi connectivity index (χ0n) is 14.3. The third-order valence-electron chi connectivity index (χ3n) is 4.29. The summed E-state index contributed by atoms with van der Waals surface area (Å²) in [4.78, 5) is 14.3. The lowest BCUT2D eigenvalue weighted by atomic mass is 10.1. The van der Waals surface area contributed by atoms with Gasteiger partial charge in [-0.05, 0) is 50.0 Å². The van der Waals surface area contributed by atoms with Crippen molar-refractivity contribution < 1.29 is 14.3 Å². The molecule has 1 amide bonds. The van der Waals surface area contributed by atoms with E-state index < -0.39 is 0 Å². The van der Waals surface area contributed by atoms with Crippen molar-refractivity contribution in [3.8, 4) is 11.5 Å². The molecule has 0 unspecified atom stereocenters. The van der Waals surface area contributed by atoms with Crippen LogP contribution in [0.15, 0.2) is 18.2 Å². The summed E-state index contributed by atoms with van der Waals surface area (Å²) in [6.45, 7) is 3.80. The maximum atomic E-state index is 11.9. The first-order valence-corrected chi connectivity index (χ1v) is 8.43. The number of amides is 1. The number of piperidine rings is 1. The molecule has 128 valence electrons. The van der Waals surface area contributed by atoms with Gasteiger partial charge in [0.05, 0.1) is 14.2 Å². The second-order valence-corrected chi connectivity index (χ2v) is 5.94. The quantitative estimate of drug-likeness (QED) is 0.798. The molecule has 23 heavy (non-hydrogen) atoms. The predicted molar refractivity (Wildman–Crippen MR) is 91.2 cm³/mol. The van der Waals surface area contributed by atoms with Gasteiger partial charge in [-0.25, -0.2) is 0 Å². The molecule has 0 saturated carbocycles. The van der Waals surface area contributed by atoms with E-state index in [0.29, 0.717) is 13.0 Å². The maximum absolute atomic E-state index is 11.9. The van der Waals surface area contributed by atoms with Crippen LogP contribution in [0.25, 0.3) is 0 Å². The van der Waals surface area contributed by atoms with E-state index in [-0.39, 0.29) is 5.91 Å². The lowest BCUT2D eigenvalue weighted by Crippen LogP contribution is -2.34. The number of methoxy groups -OCH3 is 2. The highest BCUT2D eigenvalue weighted by atomic mass is 16.5. The zero-order valence-corrected chi connectivity index (χ0v) is 14.3. The van der Waals surface area contributed by atoms with Gasteiger partial charge >= 0.3 is 0 Å². The highest BCUT2D eigenvalue weighted by Gasteiger charge is 2.11. The molecular formula is C18H28N2O3. The second-order valence-electron chi connectivity index (χ2n) is 5.94. The molecule has 0 atom stereocenters. The Bertz CT molecular complexity index is 499. The summed E-state index contributed by atoms with van der Waals surface area (Å²) in [5, 5.41) is 3.00. The molecule has 1 aromatic rings. The van der Waals surface area contributed by atoms with Crippen molar-refractivity contribution in [2.24, 2.45) is 0 Å². The molecule has 1 aliphatic rings. The Hall–Kier alpha value is -1.75. The molecule has 1 N–H and O–H groups in total. The van der Waals surface area contributed by atoms with Crippen LogP contribution in [0.5, 0.6) is 11.5 Å². The molecule has 5 nitrogen and oxygen atoms in total. The largest absolute Gasteiger partial charge is 0.493 e. The van der Waals surface area contributed by atoms with E-state index in [0.717, 1.165) is 43.1 Å². The van der Waals surface area contributed by atoms with Gasteiger partial charge in [-0.15, -0.1) is 0 Å². The number of benzene rings is 1. The fourth-order valence-corrected chi connectivity index (χ4v) is 2.91. The van der Waals surface area contributed by atoms with Crippen LogP contribution in [-0.2, 0) is 11.2 Å². The first-order valence-electron chi connectivity index (χ1n) is 8.43. The molecule has 0 aliphatic carbocycles. The minimum atomic E-state index is 0.135. The lowest BCUT2D eigenvalue weighted by molar-refractivity contribution is -0.121. The number of carbonyl (C=O) groups excluding carboxylic acids is 1. The van der Waals surface area contributed by atoms with Gasteiger partial charge in [-0.3, -0.25) is 4.79 Å². The van der Waals surface area contributed by atoms with E-state index in [9.17, 15) is 4.79 Å².